The summed E-state index contributed by atoms with van der Waals surface area (Å²) in [6.07, 6.45) is 1.18. The summed E-state index contributed by atoms with van der Waals surface area (Å²) in [5, 5.41) is 12.9. The number of H-pyrrole nitrogens is 1. The predicted molar refractivity (Wildman–Crippen MR) is 100 cm³/mol. The lowest BCUT2D eigenvalue weighted by Gasteiger charge is -2.13. The molecule has 0 saturated carbocycles. The van der Waals surface area contributed by atoms with Crippen molar-refractivity contribution in [3.8, 4) is 11.5 Å². The van der Waals surface area contributed by atoms with E-state index in [1.807, 2.05) is 25.1 Å². The van der Waals surface area contributed by atoms with E-state index < -0.39 is 0 Å². The third kappa shape index (κ3) is 3.67. The number of nitrogens with zero attached hydrogens (tertiary/aromatic N) is 3. The van der Waals surface area contributed by atoms with Gasteiger partial charge in [-0.1, -0.05) is 23.9 Å². The first-order valence-corrected chi connectivity index (χ1v) is 9.27. The van der Waals surface area contributed by atoms with Crippen LogP contribution in [-0.2, 0) is 5.75 Å². The number of aromatic amines is 1. The molecule has 0 spiro atoms. The van der Waals surface area contributed by atoms with E-state index in [1.54, 1.807) is 0 Å². The molecule has 9 nitrogen and oxygen atoms in total. The van der Waals surface area contributed by atoms with Gasteiger partial charge in [-0.3, -0.25) is 4.79 Å². The fourth-order valence-electron chi connectivity index (χ4n) is 2.61. The first-order valence-electron chi connectivity index (χ1n) is 8.29. The number of benzene rings is 1. The number of thioether (sulfide) groups is 1. The molecule has 1 aliphatic heterocycles. The molecule has 1 atom stereocenters. The Labute approximate surface area is 158 Å². The second-order valence-electron chi connectivity index (χ2n) is 5.97. The molecule has 2 aromatic heterocycles. The molecule has 27 heavy (non-hydrogen) atoms. The Morgan fingerprint density at radius 3 is 3.11 bits per heavy atom. The second kappa shape index (κ2) is 7.41. The van der Waals surface area contributed by atoms with Gasteiger partial charge < -0.3 is 24.9 Å². The number of aliphatic hydroxyl groups is 1. The number of aromatic nitrogens is 4. The molecule has 0 aliphatic carbocycles. The molecule has 3 N–H and O–H groups in total. The maximum atomic E-state index is 11.6. The highest BCUT2D eigenvalue weighted by molar-refractivity contribution is 7.98. The van der Waals surface area contributed by atoms with Crippen molar-refractivity contribution in [2.24, 2.45) is 0 Å². The maximum Gasteiger partial charge on any atom is 0.268 e. The Hall–Kier alpha value is -2.85. The summed E-state index contributed by atoms with van der Waals surface area (Å²) in [5.41, 5.74) is 1.41. The number of para-hydroxylation sites is 1. The quantitative estimate of drug-likeness (QED) is 0.427. The van der Waals surface area contributed by atoms with Crippen molar-refractivity contribution < 1.29 is 14.6 Å². The monoisotopic (exact) mass is 387 g/mol. The molecule has 140 valence electrons. The summed E-state index contributed by atoms with van der Waals surface area (Å²) in [5.74, 6) is 2.48. The van der Waals surface area contributed by atoms with E-state index in [1.165, 1.54) is 18.0 Å². The minimum Gasteiger partial charge on any atom is -0.454 e. The van der Waals surface area contributed by atoms with Crippen molar-refractivity contribution in [3.05, 3.63) is 40.3 Å². The maximum absolute atomic E-state index is 11.6. The van der Waals surface area contributed by atoms with Gasteiger partial charge in [0.25, 0.3) is 5.56 Å². The number of aliphatic hydroxyl groups excluding tert-OH is 1. The van der Waals surface area contributed by atoms with E-state index in [0.717, 1.165) is 17.1 Å². The molecule has 3 aromatic rings. The van der Waals surface area contributed by atoms with Crippen LogP contribution in [0.4, 0.5) is 5.82 Å². The van der Waals surface area contributed by atoms with Crippen LogP contribution < -0.4 is 20.3 Å². The molecular formula is C17H17N5O4S. The molecule has 0 radical (unpaired) electrons. The number of nitrogens with one attached hydrogen (secondary N) is 2. The molecular weight excluding hydrogens is 370 g/mol. The van der Waals surface area contributed by atoms with E-state index >= 15 is 0 Å². The van der Waals surface area contributed by atoms with Crippen LogP contribution in [0.15, 0.2) is 34.3 Å². The minimum atomic E-state index is -0.343. The molecule has 0 amide bonds. The average Bonchev–Trinajstić information content (AvgIpc) is 3.15. The van der Waals surface area contributed by atoms with Gasteiger partial charge in [-0.15, -0.1) is 0 Å². The van der Waals surface area contributed by atoms with E-state index in [4.69, 9.17) is 9.47 Å². The number of fused-ring (bicyclic) bond motifs is 2. The Kier molecular flexibility index (Phi) is 4.82. The molecule has 10 heteroatoms. The van der Waals surface area contributed by atoms with Crippen LogP contribution in [0.25, 0.3) is 11.2 Å². The number of hydrogen-bond donors (Lipinski definition) is 3. The third-order valence-electron chi connectivity index (χ3n) is 3.91. The summed E-state index contributed by atoms with van der Waals surface area (Å²) >= 11 is 1.40. The van der Waals surface area contributed by atoms with Gasteiger partial charge in [0, 0.05) is 17.4 Å². The molecule has 0 saturated heterocycles. The number of rotatable bonds is 6. The number of ether oxygens (including phenoxy) is 2. The molecule has 1 aliphatic rings. The standard InChI is InChI=1S/C17H17N5O4S/c1-9(6-23)19-15-13-16(20-12(24)5-18-13)22-17(21-15)27-7-10-3-2-4-11-14(10)26-8-25-11/h2-5,9,23H,6-8H2,1H3,(H2,19,20,21,22,24)/t9-/m1/s1. The molecule has 0 unspecified atom stereocenters. The zero-order valence-electron chi connectivity index (χ0n) is 14.4. The number of hydrogen-bond acceptors (Lipinski definition) is 9. The Bertz CT molecular complexity index is 1040. The highest BCUT2D eigenvalue weighted by Gasteiger charge is 2.18. The third-order valence-corrected chi connectivity index (χ3v) is 4.80. The van der Waals surface area contributed by atoms with E-state index in [9.17, 15) is 9.90 Å². The van der Waals surface area contributed by atoms with Crippen molar-refractivity contribution >= 4 is 28.7 Å². The lowest BCUT2D eigenvalue weighted by Crippen LogP contribution is -2.21. The van der Waals surface area contributed by atoms with Crippen LogP contribution in [0.3, 0.4) is 0 Å². The predicted octanol–water partition coefficient (Wildman–Crippen LogP) is 1.53. The zero-order valence-corrected chi connectivity index (χ0v) is 15.2. The van der Waals surface area contributed by atoms with Gasteiger partial charge in [0.2, 0.25) is 6.79 Å². The lowest BCUT2D eigenvalue weighted by molar-refractivity contribution is 0.173. The van der Waals surface area contributed by atoms with Crippen LogP contribution in [-0.4, -0.2) is 44.5 Å². The fourth-order valence-corrected chi connectivity index (χ4v) is 3.43. The van der Waals surface area contributed by atoms with Crippen molar-refractivity contribution in [2.45, 2.75) is 23.9 Å². The Morgan fingerprint density at radius 1 is 1.37 bits per heavy atom. The second-order valence-corrected chi connectivity index (χ2v) is 6.91. The van der Waals surface area contributed by atoms with E-state index in [0.29, 0.717) is 27.9 Å². The van der Waals surface area contributed by atoms with Gasteiger partial charge in [-0.2, -0.15) is 0 Å². The highest BCUT2D eigenvalue weighted by Crippen LogP contribution is 2.38. The van der Waals surface area contributed by atoms with Crippen molar-refractivity contribution in [1.82, 2.24) is 19.9 Å². The Morgan fingerprint density at radius 2 is 2.26 bits per heavy atom. The molecule has 0 fully saturated rings. The van der Waals surface area contributed by atoms with E-state index in [2.05, 4.69) is 25.3 Å². The minimum absolute atomic E-state index is 0.0647. The van der Waals surface area contributed by atoms with Crippen molar-refractivity contribution in [2.75, 3.05) is 18.7 Å². The summed E-state index contributed by atoms with van der Waals surface area (Å²) in [7, 11) is 0. The zero-order chi connectivity index (χ0) is 18.8. The van der Waals surface area contributed by atoms with Crippen LogP contribution in [0, 0.1) is 0 Å². The van der Waals surface area contributed by atoms with Gasteiger partial charge in [0.15, 0.2) is 28.1 Å². The van der Waals surface area contributed by atoms with Crippen LogP contribution >= 0.6 is 11.8 Å². The summed E-state index contributed by atoms with van der Waals surface area (Å²) in [4.78, 5) is 27.3. The average molecular weight is 387 g/mol. The fraction of sp³-hybridized carbons (Fsp3) is 0.294. The van der Waals surface area contributed by atoms with Crippen LogP contribution in [0.5, 0.6) is 11.5 Å². The van der Waals surface area contributed by atoms with Crippen molar-refractivity contribution in [1.29, 1.82) is 0 Å². The summed E-state index contributed by atoms with van der Waals surface area (Å²) in [6, 6.07) is 5.50. The SMILES string of the molecule is C[C@H](CO)Nc1nc(SCc2cccc3c2OCO3)nc2[nH]c(=O)cnc12. The number of anilines is 1. The van der Waals surface area contributed by atoms with Gasteiger partial charge in [0.1, 0.15) is 5.52 Å². The molecule has 3 heterocycles. The summed E-state index contributed by atoms with van der Waals surface area (Å²) in [6.45, 7) is 1.96. The van der Waals surface area contributed by atoms with Gasteiger partial charge in [-0.25, -0.2) is 15.0 Å². The first-order chi connectivity index (χ1) is 13.1. The van der Waals surface area contributed by atoms with Crippen LogP contribution in [0.2, 0.25) is 0 Å². The highest BCUT2D eigenvalue weighted by atomic mass is 32.2. The lowest BCUT2D eigenvalue weighted by atomic mass is 10.2. The van der Waals surface area contributed by atoms with Gasteiger partial charge >= 0.3 is 0 Å². The Balaban J connectivity index is 1.65. The molecule has 1 aromatic carbocycles. The van der Waals surface area contributed by atoms with Gasteiger partial charge in [0.05, 0.1) is 12.8 Å². The summed E-state index contributed by atoms with van der Waals surface area (Å²) < 4.78 is 10.9. The molecule has 0 bridgehead atoms. The first kappa shape index (κ1) is 17.6. The van der Waals surface area contributed by atoms with Gasteiger partial charge in [-0.05, 0) is 13.0 Å². The normalized spacial score (nSPS) is 13.7. The molecule has 4 rings (SSSR count). The topological polar surface area (TPSA) is 122 Å². The smallest absolute Gasteiger partial charge is 0.268 e. The van der Waals surface area contributed by atoms with E-state index in [-0.39, 0.29) is 25.0 Å². The van der Waals surface area contributed by atoms with Crippen LogP contribution in [0.1, 0.15) is 12.5 Å². The largest absolute Gasteiger partial charge is 0.454 e. The van der Waals surface area contributed by atoms with Crippen molar-refractivity contribution in [3.63, 3.8) is 0 Å².